The number of benzene rings is 1. The first-order chi connectivity index (χ1) is 14.7. The van der Waals surface area contributed by atoms with Crippen LogP contribution in [0.25, 0.3) is 0 Å². The molecule has 1 aliphatic heterocycles. The first-order valence-electron chi connectivity index (χ1n) is 9.30. The number of anilines is 1. The Morgan fingerprint density at radius 2 is 1.84 bits per heavy atom. The minimum atomic E-state index is -4.50. The first-order valence-corrected chi connectivity index (χ1v) is 10.8. The highest BCUT2D eigenvalue weighted by Gasteiger charge is 2.58. The van der Waals surface area contributed by atoms with Crippen molar-refractivity contribution >= 4 is 27.3 Å². The van der Waals surface area contributed by atoms with Crippen LogP contribution in [0.1, 0.15) is 48.8 Å². The molecule has 12 heteroatoms. The summed E-state index contributed by atoms with van der Waals surface area (Å²) in [7, 11) is -4.50. The van der Waals surface area contributed by atoms with E-state index in [0.29, 0.717) is 0 Å². The van der Waals surface area contributed by atoms with E-state index in [0.717, 1.165) is 43.5 Å². The van der Waals surface area contributed by atoms with Crippen LogP contribution in [0.2, 0.25) is 0 Å². The smallest absolute Gasteiger partial charge is 0.274 e. The van der Waals surface area contributed by atoms with Crippen LogP contribution >= 0.6 is 0 Å². The Balaban J connectivity index is 1.99. The minimum Gasteiger partial charge on any atom is -0.386 e. The second-order valence-corrected chi connectivity index (χ2v) is 10.5. The molecule has 2 heterocycles. The highest BCUT2D eigenvalue weighted by Crippen LogP contribution is 2.44. The van der Waals surface area contributed by atoms with Gasteiger partial charge < -0.3 is 11.1 Å². The monoisotopic (exact) mass is 472 g/mol. The molecule has 0 aliphatic carbocycles. The van der Waals surface area contributed by atoms with Crippen LogP contribution in [0.3, 0.4) is 0 Å². The normalized spacial score (nSPS) is 24.1. The molecule has 1 unspecified atom stereocenters. The summed E-state index contributed by atoms with van der Waals surface area (Å²) in [6.45, 7) is 3.49. The topological polar surface area (TPSA) is 115 Å². The minimum absolute atomic E-state index is 0.0180. The number of hydrogen-bond donors (Lipinski definition) is 2. The van der Waals surface area contributed by atoms with Gasteiger partial charge in [0.15, 0.2) is 9.84 Å². The summed E-state index contributed by atoms with van der Waals surface area (Å²) in [6, 6.07) is 5.23. The maximum Gasteiger partial charge on any atom is 0.274 e. The van der Waals surface area contributed by atoms with Gasteiger partial charge in [-0.25, -0.2) is 26.0 Å². The summed E-state index contributed by atoms with van der Waals surface area (Å²) < 4.78 is 78.7. The van der Waals surface area contributed by atoms with Gasteiger partial charge in [0.2, 0.25) is 5.50 Å². The number of aromatic nitrogens is 1. The van der Waals surface area contributed by atoms with Crippen LogP contribution < -0.4 is 11.1 Å². The number of hydrogen-bond acceptors (Lipinski definition) is 6. The lowest BCUT2D eigenvalue weighted by atomic mass is 9.91. The van der Waals surface area contributed by atoms with Crippen molar-refractivity contribution in [2.24, 2.45) is 10.7 Å². The van der Waals surface area contributed by atoms with E-state index in [2.05, 4.69) is 15.3 Å². The van der Waals surface area contributed by atoms with Crippen LogP contribution in [0.15, 0.2) is 41.5 Å². The number of nitrogens with zero attached hydrogens (tertiary/aromatic N) is 2. The molecule has 7 nitrogen and oxygen atoms in total. The lowest BCUT2D eigenvalue weighted by molar-refractivity contribution is 0.102. The van der Waals surface area contributed by atoms with E-state index >= 15 is 4.39 Å². The fraction of sp³-hybridized carbons (Fsp3) is 0.350. The van der Waals surface area contributed by atoms with Crippen molar-refractivity contribution in [2.45, 2.75) is 43.0 Å². The van der Waals surface area contributed by atoms with Crippen molar-refractivity contribution in [3.8, 4) is 0 Å². The highest BCUT2D eigenvalue weighted by atomic mass is 32.2. The number of amides is 1. The molecule has 0 bridgehead atoms. The van der Waals surface area contributed by atoms with E-state index in [1.807, 2.05) is 0 Å². The third-order valence-corrected chi connectivity index (χ3v) is 8.07. The summed E-state index contributed by atoms with van der Waals surface area (Å²) in [4.78, 5) is 20.0. The molecule has 172 valence electrons. The van der Waals surface area contributed by atoms with Crippen LogP contribution in [0, 0.1) is 5.82 Å². The summed E-state index contributed by atoms with van der Waals surface area (Å²) in [5.74, 6) is -2.14. The Morgan fingerprint density at radius 1 is 1.19 bits per heavy atom. The molecular weight excluding hydrogens is 452 g/mol. The Bertz CT molecular complexity index is 1200. The number of amidine groups is 1. The predicted molar refractivity (Wildman–Crippen MR) is 110 cm³/mol. The van der Waals surface area contributed by atoms with Gasteiger partial charge in [0.25, 0.3) is 12.3 Å². The summed E-state index contributed by atoms with van der Waals surface area (Å²) in [6.07, 6.45) is -1.91. The van der Waals surface area contributed by atoms with E-state index in [-0.39, 0.29) is 22.8 Å². The standard InChI is InChI=1S/C20H20F4N4O3S/c1-19(2)18(25)28-20(3,17(24)32(19,30)31)12-8-11(5-6-13(12)21)27-16(29)14-7-4-10(9-26-14)15(22)23/h4-9,15,17H,1-3H3,(H2,25,28)(H,27,29)/t17?,20-/m1/s1. The fourth-order valence-electron chi connectivity index (χ4n) is 3.18. The van der Waals surface area contributed by atoms with Gasteiger partial charge in [-0.05, 0) is 51.1 Å². The van der Waals surface area contributed by atoms with Crippen LogP contribution in [-0.2, 0) is 15.4 Å². The molecule has 1 aromatic heterocycles. The van der Waals surface area contributed by atoms with Gasteiger partial charge in [0.05, 0.1) is 0 Å². The quantitative estimate of drug-likeness (QED) is 0.662. The number of sulfone groups is 1. The Kier molecular flexibility index (Phi) is 5.79. The number of aliphatic imine (C=N–C) groups is 1. The average Bonchev–Trinajstić information content (AvgIpc) is 2.73. The first kappa shape index (κ1) is 23.6. The van der Waals surface area contributed by atoms with Gasteiger partial charge in [-0.15, -0.1) is 0 Å². The zero-order valence-corrected chi connectivity index (χ0v) is 18.1. The van der Waals surface area contributed by atoms with Gasteiger partial charge in [-0.1, -0.05) is 0 Å². The Hall–Kier alpha value is -3.02. The number of rotatable bonds is 4. The maximum absolute atomic E-state index is 15.2. The molecule has 0 saturated heterocycles. The lowest BCUT2D eigenvalue weighted by Gasteiger charge is -2.40. The molecule has 3 rings (SSSR count). The lowest BCUT2D eigenvalue weighted by Crippen LogP contribution is -2.58. The molecule has 2 aromatic rings. The molecule has 32 heavy (non-hydrogen) atoms. The summed E-state index contributed by atoms with van der Waals surface area (Å²) >= 11 is 0. The highest BCUT2D eigenvalue weighted by molar-refractivity contribution is 7.94. The zero-order valence-electron chi connectivity index (χ0n) is 17.2. The fourth-order valence-corrected chi connectivity index (χ4v) is 4.82. The summed E-state index contributed by atoms with van der Waals surface area (Å²) in [5.41, 5.74) is -0.0491. The van der Waals surface area contributed by atoms with Crippen LogP contribution in [-0.4, -0.2) is 35.4 Å². The van der Waals surface area contributed by atoms with Gasteiger partial charge >= 0.3 is 0 Å². The third-order valence-electron chi connectivity index (χ3n) is 5.44. The predicted octanol–water partition coefficient (Wildman–Crippen LogP) is 3.49. The number of carbonyl (C=O) groups is 1. The Labute approximate surface area is 181 Å². The van der Waals surface area contributed by atoms with E-state index in [1.165, 1.54) is 13.8 Å². The van der Waals surface area contributed by atoms with Gasteiger partial charge in [0, 0.05) is 23.0 Å². The third kappa shape index (κ3) is 3.72. The molecule has 1 aromatic carbocycles. The largest absolute Gasteiger partial charge is 0.386 e. The van der Waals surface area contributed by atoms with Gasteiger partial charge in [-0.3, -0.25) is 14.8 Å². The number of alkyl halides is 3. The van der Waals surface area contributed by atoms with Crippen LogP contribution in [0.5, 0.6) is 0 Å². The molecule has 0 spiro atoms. The number of nitrogens with one attached hydrogen (secondary N) is 1. The number of halogens is 4. The van der Waals surface area contributed by atoms with E-state index < -0.39 is 49.3 Å². The second-order valence-electron chi connectivity index (χ2n) is 7.94. The van der Waals surface area contributed by atoms with E-state index in [1.54, 1.807) is 0 Å². The molecule has 1 amide bonds. The molecule has 0 fully saturated rings. The SMILES string of the molecule is CC1(C)C(N)=N[C@](C)(c2cc(NC(=O)c3ccc(C(F)F)cn3)ccc2F)C(F)S1(=O)=O. The van der Waals surface area contributed by atoms with Crippen molar-refractivity contribution in [2.75, 3.05) is 5.32 Å². The van der Waals surface area contributed by atoms with Crippen molar-refractivity contribution in [1.82, 2.24) is 4.98 Å². The van der Waals surface area contributed by atoms with Gasteiger partial charge in [-0.2, -0.15) is 0 Å². The second kappa shape index (κ2) is 7.84. The molecule has 1 aliphatic rings. The number of pyridine rings is 1. The van der Waals surface area contributed by atoms with Crippen LogP contribution in [0.4, 0.5) is 23.2 Å². The average molecular weight is 472 g/mol. The zero-order chi connectivity index (χ0) is 24.1. The summed E-state index contributed by atoms with van der Waals surface area (Å²) in [5, 5.41) is 2.39. The molecule has 0 radical (unpaired) electrons. The van der Waals surface area contributed by atoms with Crippen molar-refractivity contribution < 1.29 is 30.8 Å². The molecular formula is C20H20F4N4O3S. The van der Waals surface area contributed by atoms with Crippen molar-refractivity contribution in [3.63, 3.8) is 0 Å². The van der Waals surface area contributed by atoms with Crippen molar-refractivity contribution in [1.29, 1.82) is 0 Å². The number of nitrogens with two attached hydrogens (primary N) is 1. The molecule has 2 atom stereocenters. The van der Waals surface area contributed by atoms with E-state index in [4.69, 9.17) is 5.73 Å². The molecule has 0 saturated carbocycles. The molecule has 3 N–H and O–H groups in total. The van der Waals surface area contributed by atoms with E-state index in [9.17, 15) is 26.4 Å². The number of carbonyl (C=O) groups excluding carboxylic acids is 1. The van der Waals surface area contributed by atoms with Gasteiger partial charge in [0.1, 0.15) is 27.6 Å². The maximum atomic E-state index is 15.2. The van der Waals surface area contributed by atoms with Crippen molar-refractivity contribution in [3.05, 3.63) is 59.2 Å². The Morgan fingerprint density at radius 3 is 2.41 bits per heavy atom.